The summed E-state index contributed by atoms with van der Waals surface area (Å²) in [5, 5.41) is 0. The van der Waals surface area contributed by atoms with Crippen LogP contribution < -0.4 is 9.42 Å². The lowest BCUT2D eigenvalue weighted by atomic mass is 10.0. The summed E-state index contributed by atoms with van der Waals surface area (Å²) in [6, 6.07) is 13.8. The van der Waals surface area contributed by atoms with Gasteiger partial charge in [0.15, 0.2) is 5.78 Å². The first kappa shape index (κ1) is 18.6. The second-order valence-corrected chi connectivity index (χ2v) is 7.11. The van der Waals surface area contributed by atoms with E-state index in [0.29, 0.717) is 37.6 Å². The predicted octanol–water partition coefficient (Wildman–Crippen LogP) is 2.42. The van der Waals surface area contributed by atoms with Crippen LogP contribution in [0.4, 0.5) is 5.69 Å². The van der Waals surface area contributed by atoms with Crippen molar-refractivity contribution >= 4 is 19.3 Å². The second kappa shape index (κ2) is 8.01. The molecule has 0 saturated carbocycles. The summed E-state index contributed by atoms with van der Waals surface area (Å²) < 4.78 is 21.1. The molecule has 1 fully saturated rings. The largest absolute Gasteiger partial charge is 0.524 e. The first-order valence-electron chi connectivity index (χ1n) is 8.21. The number of hydrogen-bond acceptors (Lipinski definition) is 5. The van der Waals surface area contributed by atoms with Crippen LogP contribution >= 0.6 is 7.82 Å². The topological polar surface area (TPSA) is 96.3 Å². The van der Waals surface area contributed by atoms with Gasteiger partial charge in [-0.15, -0.1) is 0 Å². The third-order valence-corrected chi connectivity index (χ3v) is 4.50. The molecule has 0 unspecified atom stereocenters. The highest BCUT2D eigenvalue weighted by atomic mass is 31.2. The zero-order chi connectivity index (χ0) is 18.6. The van der Waals surface area contributed by atoms with Gasteiger partial charge in [-0.3, -0.25) is 14.6 Å². The van der Waals surface area contributed by atoms with Crippen LogP contribution in [0.2, 0.25) is 0 Å². The molecule has 2 aromatic carbocycles. The maximum absolute atomic E-state index is 12.9. The van der Waals surface area contributed by atoms with Crippen molar-refractivity contribution in [3.05, 3.63) is 59.7 Å². The number of Topliss-reactive ketones (excluding diaryl/α,β-unsaturated/α-hetero) is 1. The molecule has 3 rings (SSSR count). The molecule has 8 heteroatoms. The van der Waals surface area contributed by atoms with Crippen molar-refractivity contribution in [2.75, 3.05) is 31.2 Å². The molecule has 26 heavy (non-hydrogen) atoms. The van der Waals surface area contributed by atoms with Crippen molar-refractivity contribution in [1.29, 1.82) is 0 Å². The Morgan fingerprint density at radius 2 is 1.81 bits per heavy atom. The number of phosphoric ester groups is 1. The number of carbonyl (C=O) groups excluding carboxylic acids is 1. The van der Waals surface area contributed by atoms with Gasteiger partial charge in [0.1, 0.15) is 5.75 Å². The van der Waals surface area contributed by atoms with Crippen LogP contribution in [0.5, 0.6) is 5.75 Å². The van der Waals surface area contributed by atoms with Crippen LogP contribution in [-0.2, 0) is 15.7 Å². The summed E-state index contributed by atoms with van der Waals surface area (Å²) >= 11 is 0. The number of morpholine rings is 1. The van der Waals surface area contributed by atoms with Crippen LogP contribution in [0.3, 0.4) is 0 Å². The molecule has 7 nitrogen and oxygen atoms in total. The molecule has 2 aromatic rings. The van der Waals surface area contributed by atoms with Gasteiger partial charge < -0.3 is 14.2 Å². The van der Waals surface area contributed by atoms with Crippen molar-refractivity contribution in [2.45, 2.75) is 6.42 Å². The molecule has 0 aromatic heterocycles. The Bertz CT molecular complexity index is 814. The van der Waals surface area contributed by atoms with Crippen molar-refractivity contribution in [3.8, 4) is 5.75 Å². The average Bonchev–Trinajstić information content (AvgIpc) is 2.62. The summed E-state index contributed by atoms with van der Waals surface area (Å²) in [5.41, 5.74) is 1.96. The van der Waals surface area contributed by atoms with Crippen LogP contribution in [0.25, 0.3) is 0 Å². The quantitative estimate of drug-likeness (QED) is 0.589. The zero-order valence-electron chi connectivity index (χ0n) is 14.1. The Kier molecular flexibility index (Phi) is 5.74. The fourth-order valence-electron chi connectivity index (χ4n) is 2.89. The normalized spacial score (nSPS) is 14.9. The van der Waals surface area contributed by atoms with E-state index in [1.165, 1.54) is 12.1 Å². The smallest absolute Gasteiger partial charge is 0.404 e. The molecule has 1 heterocycles. The summed E-state index contributed by atoms with van der Waals surface area (Å²) in [6.07, 6.45) is 0.192. The molecule has 1 saturated heterocycles. The number of ether oxygens (including phenoxy) is 1. The van der Waals surface area contributed by atoms with Gasteiger partial charge in [-0.2, -0.15) is 0 Å². The highest BCUT2D eigenvalue weighted by Crippen LogP contribution is 2.39. The van der Waals surface area contributed by atoms with Crippen molar-refractivity contribution < 1.29 is 28.4 Å². The van der Waals surface area contributed by atoms with Crippen LogP contribution in [0, 0.1) is 0 Å². The molecule has 0 amide bonds. The Morgan fingerprint density at radius 1 is 1.12 bits per heavy atom. The summed E-state index contributed by atoms with van der Waals surface area (Å²) in [6.45, 7) is 2.41. The lowest BCUT2D eigenvalue weighted by Crippen LogP contribution is -2.37. The molecular weight excluding hydrogens is 357 g/mol. The molecule has 2 N–H and O–H groups in total. The van der Waals surface area contributed by atoms with Crippen molar-refractivity contribution in [3.63, 3.8) is 0 Å². The van der Waals surface area contributed by atoms with E-state index in [-0.39, 0.29) is 18.0 Å². The van der Waals surface area contributed by atoms with Gasteiger partial charge >= 0.3 is 7.82 Å². The fraction of sp³-hybridized carbons (Fsp3) is 0.278. The van der Waals surface area contributed by atoms with Crippen molar-refractivity contribution in [1.82, 2.24) is 0 Å². The molecule has 0 aliphatic carbocycles. The lowest BCUT2D eigenvalue weighted by Gasteiger charge is -2.30. The van der Waals surface area contributed by atoms with Gasteiger partial charge in [0.05, 0.1) is 13.2 Å². The number of hydrogen-bond donors (Lipinski definition) is 2. The van der Waals surface area contributed by atoms with Gasteiger partial charge in [0, 0.05) is 30.8 Å². The summed E-state index contributed by atoms with van der Waals surface area (Å²) in [5.74, 6) is -0.180. The number of rotatable bonds is 6. The van der Waals surface area contributed by atoms with Gasteiger partial charge in [-0.05, 0) is 23.8 Å². The molecule has 0 spiro atoms. The van der Waals surface area contributed by atoms with Gasteiger partial charge in [0.2, 0.25) is 0 Å². The number of nitrogens with zero attached hydrogens (tertiary/aromatic N) is 1. The number of benzene rings is 2. The zero-order valence-corrected chi connectivity index (χ0v) is 15.0. The molecule has 1 aliphatic heterocycles. The van der Waals surface area contributed by atoms with Crippen LogP contribution in [0.15, 0.2) is 48.5 Å². The van der Waals surface area contributed by atoms with E-state index in [1.807, 2.05) is 35.2 Å². The molecular formula is C18H20NO6P. The van der Waals surface area contributed by atoms with E-state index >= 15 is 0 Å². The lowest BCUT2D eigenvalue weighted by molar-refractivity contribution is 0.0990. The monoisotopic (exact) mass is 377 g/mol. The highest BCUT2D eigenvalue weighted by Gasteiger charge is 2.22. The Morgan fingerprint density at radius 3 is 2.46 bits per heavy atom. The highest BCUT2D eigenvalue weighted by molar-refractivity contribution is 7.46. The standard InChI is InChI=1S/C18H20NO6P/c20-18(12-14-4-2-1-3-5-14)16-13-15(25-26(21,22)23)6-7-17(16)19-8-10-24-11-9-19/h1-7,13H,8-12H2,(H2,21,22,23). The molecule has 0 atom stereocenters. The number of ketones is 1. The van der Waals surface area contributed by atoms with Crippen LogP contribution in [-0.4, -0.2) is 41.9 Å². The minimum atomic E-state index is -4.70. The average molecular weight is 377 g/mol. The predicted molar refractivity (Wildman–Crippen MR) is 96.6 cm³/mol. The van der Waals surface area contributed by atoms with Crippen molar-refractivity contribution in [2.24, 2.45) is 0 Å². The number of phosphoric acid groups is 1. The molecule has 138 valence electrons. The van der Waals surface area contributed by atoms with E-state index in [1.54, 1.807) is 6.07 Å². The number of anilines is 1. The summed E-state index contributed by atoms with van der Waals surface area (Å²) in [7, 11) is -4.70. The van der Waals surface area contributed by atoms with Gasteiger partial charge in [-0.25, -0.2) is 4.57 Å². The van der Waals surface area contributed by atoms with E-state index < -0.39 is 7.82 Å². The second-order valence-electron chi connectivity index (χ2n) is 5.95. The van der Waals surface area contributed by atoms with Gasteiger partial charge in [-0.1, -0.05) is 30.3 Å². The van der Waals surface area contributed by atoms with E-state index in [9.17, 15) is 9.36 Å². The van der Waals surface area contributed by atoms with E-state index in [4.69, 9.17) is 14.5 Å². The first-order valence-corrected chi connectivity index (χ1v) is 9.74. The first-order chi connectivity index (χ1) is 12.4. The maximum atomic E-state index is 12.9. The molecule has 0 radical (unpaired) electrons. The van der Waals surface area contributed by atoms with Crippen LogP contribution in [0.1, 0.15) is 15.9 Å². The minimum Gasteiger partial charge on any atom is -0.404 e. The fourth-order valence-corrected chi connectivity index (χ4v) is 3.28. The summed E-state index contributed by atoms with van der Waals surface area (Å²) in [4.78, 5) is 33.0. The Labute approximate surface area is 151 Å². The Hall–Kier alpha value is -2.18. The van der Waals surface area contributed by atoms with E-state index in [0.717, 1.165) is 5.56 Å². The van der Waals surface area contributed by atoms with Gasteiger partial charge in [0.25, 0.3) is 0 Å². The SMILES string of the molecule is O=C(Cc1ccccc1)c1cc(OP(=O)(O)O)ccc1N1CCOCC1. The number of carbonyl (C=O) groups is 1. The maximum Gasteiger partial charge on any atom is 0.524 e. The van der Waals surface area contributed by atoms with E-state index in [2.05, 4.69) is 4.52 Å². The third kappa shape index (κ3) is 4.93. The molecule has 0 bridgehead atoms. The third-order valence-electron chi connectivity index (χ3n) is 4.05. The Balaban J connectivity index is 1.93. The molecule has 1 aliphatic rings. The minimum absolute atomic E-state index is 0.0354.